The van der Waals surface area contributed by atoms with Gasteiger partial charge in [-0.2, -0.15) is 0 Å². The lowest BCUT2D eigenvalue weighted by Crippen LogP contribution is -2.11. The summed E-state index contributed by atoms with van der Waals surface area (Å²) in [6.45, 7) is 0. The Hall–Kier alpha value is -2.22. The van der Waals surface area contributed by atoms with Gasteiger partial charge in [0.2, 0.25) is 5.13 Å². The third kappa shape index (κ3) is 2.06. The molecule has 2 aromatic rings. The maximum Gasteiger partial charge on any atom is 0.257 e. The Morgan fingerprint density at radius 3 is 2.94 bits per heavy atom. The van der Waals surface area contributed by atoms with Gasteiger partial charge in [0, 0.05) is 17.1 Å². The average Bonchev–Trinajstić information content (AvgIpc) is 2.74. The number of phenols is 1. The van der Waals surface area contributed by atoms with Crippen LogP contribution in [-0.2, 0) is 0 Å². The minimum absolute atomic E-state index is 0.136. The third-order valence-corrected chi connectivity index (χ3v) is 2.32. The van der Waals surface area contributed by atoms with Gasteiger partial charge in [0.1, 0.15) is 5.75 Å². The predicted molar refractivity (Wildman–Crippen MR) is 58.2 cm³/mol. The van der Waals surface area contributed by atoms with Crippen LogP contribution in [0.2, 0.25) is 0 Å². The zero-order valence-corrected chi connectivity index (χ0v) is 8.73. The Morgan fingerprint density at radius 2 is 2.31 bits per heavy atom. The molecule has 0 radical (unpaired) electrons. The molecule has 0 aliphatic carbocycles. The zero-order chi connectivity index (χ0) is 11.5. The van der Waals surface area contributed by atoms with Crippen LogP contribution in [0.25, 0.3) is 0 Å². The molecule has 1 amide bonds. The molecule has 0 unspecified atom stereocenters. The van der Waals surface area contributed by atoms with E-state index in [0.29, 0.717) is 5.13 Å². The van der Waals surface area contributed by atoms with Crippen molar-refractivity contribution in [2.45, 2.75) is 0 Å². The molecule has 0 spiro atoms. The van der Waals surface area contributed by atoms with Crippen molar-refractivity contribution in [2.24, 2.45) is 0 Å². The van der Waals surface area contributed by atoms with Crippen LogP contribution in [-0.4, -0.2) is 25.8 Å². The Kier molecular flexibility index (Phi) is 2.64. The fourth-order valence-electron chi connectivity index (χ4n) is 1.04. The zero-order valence-electron chi connectivity index (χ0n) is 7.91. The molecule has 8 heteroatoms. The van der Waals surface area contributed by atoms with E-state index in [2.05, 4.69) is 20.1 Å². The van der Waals surface area contributed by atoms with E-state index in [4.69, 9.17) is 5.73 Å². The van der Waals surface area contributed by atoms with Crippen molar-refractivity contribution in [2.75, 3.05) is 11.1 Å². The minimum Gasteiger partial charge on any atom is -0.506 e. The first-order chi connectivity index (χ1) is 7.66. The number of nitrogens with two attached hydrogens (primary N) is 1. The standard InChI is InChI=1S/C8H7N5O2S/c9-5-2-1-4(3-6(5)14)7(15)10-8-11-12-13-16-8/h1-3,14H,9H2,(H,10,11,13,15). The van der Waals surface area contributed by atoms with Crippen molar-refractivity contribution >= 4 is 28.3 Å². The number of aromatic nitrogens is 3. The summed E-state index contributed by atoms with van der Waals surface area (Å²) in [7, 11) is 0. The molecule has 1 aromatic heterocycles. The first-order valence-electron chi connectivity index (χ1n) is 4.21. The highest BCUT2D eigenvalue weighted by Crippen LogP contribution is 2.21. The molecule has 7 nitrogen and oxygen atoms in total. The van der Waals surface area contributed by atoms with Crippen molar-refractivity contribution in [3.05, 3.63) is 23.8 Å². The van der Waals surface area contributed by atoms with Gasteiger partial charge in [-0.3, -0.25) is 10.1 Å². The van der Waals surface area contributed by atoms with E-state index >= 15 is 0 Å². The summed E-state index contributed by atoms with van der Waals surface area (Å²) in [5.74, 6) is -0.545. The molecular weight excluding hydrogens is 230 g/mol. The monoisotopic (exact) mass is 237 g/mol. The molecule has 0 atom stereocenters. The van der Waals surface area contributed by atoms with Crippen LogP contribution in [0.1, 0.15) is 10.4 Å². The van der Waals surface area contributed by atoms with Crippen LogP contribution in [0.5, 0.6) is 5.75 Å². The van der Waals surface area contributed by atoms with Crippen molar-refractivity contribution < 1.29 is 9.90 Å². The molecule has 0 saturated carbocycles. The van der Waals surface area contributed by atoms with E-state index in [0.717, 1.165) is 11.5 Å². The van der Waals surface area contributed by atoms with Crippen LogP contribution < -0.4 is 11.1 Å². The van der Waals surface area contributed by atoms with E-state index in [1.54, 1.807) is 0 Å². The summed E-state index contributed by atoms with van der Waals surface area (Å²) in [6, 6.07) is 4.22. The van der Waals surface area contributed by atoms with E-state index in [1.165, 1.54) is 18.2 Å². The number of hydrogen-bond donors (Lipinski definition) is 3. The molecule has 0 saturated heterocycles. The summed E-state index contributed by atoms with van der Waals surface area (Å²) in [6.07, 6.45) is 0. The molecule has 1 heterocycles. The maximum atomic E-state index is 11.6. The molecule has 0 bridgehead atoms. The van der Waals surface area contributed by atoms with Crippen molar-refractivity contribution in [3.8, 4) is 5.75 Å². The van der Waals surface area contributed by atoms with E-state index in [9.17, 15) is 9.90 Å². The number of benzene rings is 1. The second kappa shape index (κ2) is 4.11. The predicted octanol–water partition coefficient (Wildman–Crippen LogP) is 0.473. The molecule has 4 N–H and O–H groups in total. The summed E-state index contributed by atoms with van der Waals surface area (Å²) in [5.41, 5.74) is 5.91. The quantitative estimate of drug-likeness (QED) is 0.517. The fraction of sp³-hybridized carbons (Fsp3) is 0. The molecule has 0 aliphatic heterocycles. The highest BCUT2D eigenvalue weighted by Gasteiger charge is 2.10. The molecule has 0 aliphatic rings. The van der Waals surface area contributed by atoms with Gasteiger partial charge in [-0.05, 0) is 23.4 Å². The van der Waals surface area contributed by atoms with E-state index in [1.807, 2.05) is 0 Å². The molecule has 2 rings (SSSR count). The van der Waals surface area contributed by atoms with Crippen LogP contribution in [0, 0.1) is 0 Å². The smallest absolute Gasteiger partial charge is 0.257 e. The number of carbonyl (C=O) groups excluding carboxylic acids is 1. The number of carbonyl (C=O) groups is 1. The van der Waals surface area contributed by atoms with Crippen molar-refractivity contribution in [1.29, 1.82) is 0 Å². The fourth-order valence-corrected chi connectivity index (χ4v) is 1.40. The number of nitrogen functional groups attached to an aromatic ring is 1. The van der Waals surface area contributed by atoms with Crippen LogP contribution in [0.15, 0.2) is 18.2 Å². The second-order valence-corrected chi connectivity index (χ2v) is 3.63. The van der Waals surface area contributed by atoms with Gasteiger partial charge in [0.25, 0.3) is 5.91 Å². The molecular formula is C8H7N5O2S. The van der Waals surface area contributed by atoms with Crippen LogP contribution in [0.3, 0.4) is 0 Å². The number of rotatable bonds is 2. The van der Waals surface area contributed by atoms with Crippen LogP contribution >= 0.6 is 11.5 Å². The molecule has 1 aromatic carbocycles. The largest absolute Gasteiger partial charge is 0.506 e. The number of phenolic OH excluding ortho intramolecular Hbond substituents is 1. The van der Waals surface area contributed by atoms with Gasteiger partial charge < -0.3 is 10.8 Å². The van der Waals surface area contributed by atoms with Gasteiger partial charge >= 0.3 is 0 Å². The van der Waals surface area contributed by atoms with E-state index in [-0.39, 0.29) is 17.0 Å². The van der Waals surface area contributed by atoms with Gasteiger partial charge in [-0.25, -0.2) is 0 Å². The first-order valence-corrected chi connectivity index (χ1v) is 4.99. The number of aromatic hydroxyl groups is 1. The Labute approximate surface area is 94.1 Å². The normalized spacial score (nSPS) is 10.0. The summed E-state index contributed by atoms with van der Waals surface area (Å²) in [4.78, 5) is 11.6. The summed E-state index contributed by atoms with van der Waals surface area (Å²) in [5, 5.41) is 19.0. The topological polar surface area (TPSA) is 114 Å². The maximum absolute atomic E-state index is 11.6. The van der Waals surface area contributed by atoms with Gasteiger partial charge in [0.05, 0.1) is 5.69 Å². The van der Waals surface area contributed by atoms with Crippen molar-refractivity contribution in [1.82, 2.24) is 14.8 Å². The van der Waals surface area contributed by atoms with Gasteiger partial charge in [-0.1, -0.05) is 9.59 Å². The second-order valence-electron chi connectivity index (χ2n) is 2.90. The number of hydrogen-bond acceptors (Lipinski definition) is 7. The number of anilines is 2. The lowest BCUT2D eigenvalue weighted by molar-refractivity contribution is 0.102. The summed E-state index contributed by atoms with van der Waals surface area (Å²) >= 11 is 0.962. The van der Waals surface area contributed by atoms with E-state index < -0.39 is 5.91 Å². The SMILES string of the molecule is Nc1ccc(C(=O)Nc2nnns2)cc1O. The Morgan fingerprint density at radius 1 is 1.50 bits per heavy atom. The lowest BCUT2D eigenvalue weighted by Gasteiger charge is -2.03. The Bertz CT molecular complexity index is 513. The van der Waals surface area contributed by atoms with Gasteiger partial charge in [-0.15, -0.1) is 0 Å². The Balaban J connectivity index is 2.18. The highest BCUT2D eigenvalue weighted by atomic mass is 32.1. The number of nitrogens with zero attached hydrogens (tertiary/aromatic N) is 3. The molecule has 0 fully saturated rings. The van der Waals surface area contributed by atoms with Crippen molar-refractivity contribution in [3.63, 3.8) is 0 Å². The first kappa shape index (κ1) is 10.3. The molecule has 82 valence electrons. The van der Waals surface area contributed by atoms with Crippen LogP contribution in [0.4, 0.5) is 10.8 Å². The highest BCUT2D eigenvalue weighted by molar-refractivity contribution is 7.09. The number of nitrogens with one attached hydrogen (secondary N) is 1. The number of amides is 1. The van der Waals surface area contributed by atoms with Gasteiger partial charge in [0.15, 0.2) is 0 Å². The lowest BCUT2D eigenvalue weighted by atomic mass is 10.2. The third-order valence-electron chi connectivity index (χ3n) is 1.81. The minimum atomic E-state index is -0.408. The summed E-state index contributed by atoms with van der Waals surface area (Å²) < 4.78 is 3.50. The molecule has 16 heavy (non-hydrogen) atoms. The average molecular weight is 237 g/mol.